The summed E-state index contributed by atoms with van der Waals surface area (Å²) in [6, 6.07) is 65.8. The van der Waals surface area contributed by atoms with Gasteiger partial charge in [-0.15, -0.1) is 0 Å². The summed E-state index contributed by atoms with van der Waals surface area (Å²) in [4.78, 5) is 20.2. The molecule has 256 valence electrons. The molecule has 0 unspecified atom stereocenters. The second-order valence-corrected chi connectivity index (χ2v) is 13.9. The van der Waals surface area contributed by atoms with Crippen molar-refractivity contribution in [1.82, 2.24) is 24.5 Å². The summed E-state index contributed by atoms with van der Waals surface area (Å²) in [5.74, 6) is 2.82. The minimum absolute atomic E-state index is 0.627. The van der Waals surface area contributed by atoms with E-state index in [1.54, 1.807) is 0 Å². The number of hydrogen-bond acceptors (Lipinski definition) is 4. The molecule has 0 spiro atoms. The molecular weight excluding hydrogens is 671 g/mol. The Labute approximate surface area is 317 Å². The lowest BCUT2D eigenvalue weighted by atomic mass is 9.91. The van der Waals surface area contributed by atoms with Crippen LogP contribution in [0.3, 0.4) is 0 Å². The Morgan fingerprint density at radius 3 is 1.45 bits per heavy atom. The molecule has 3 heterocycles. The minimum atomic E-state index is 0.627. The van der Waals surface area contributed by atoms with Crippen LogP contribution >= 0.6 is 0 Å². The number of aromatic nitrogens is 5. The number of fused-ring (bicyclic) bond motifs is 6. The highest BCUT2D eigenvalue weighted by atomic mass is 15.1. The largest absolute Gasteiger partial charge is 0.291 e. The summed E-state index contributed by atoms with van der Waals surface area (Å²) in [5.41, 5.74) is 14.0. The second-order valence-electron chi connectivity index (χ2n) is 13.9. The van der Waals surface area contributed by atoms with Crippen LogP contribution in [0.1, 0.15) is 0 Å². The van der Waals surface area contributed by atoms with E-state index in [1.165, 1.54) is 33.0 Å². The van der Waals surface area contributed by atoms with E-state index in [2.05, 4.69) is 132 Å². The number of rotatable bonds is 5. The Morgan fingerprint density at radius 1 is 0.309 bits per heavy atom. The molecule has 0 amide bonds. The van der Waals surface area contributed by atoms with Crippen molar-refractivity contribution in [2.75, 3.05) is 0 Å². The molecule has 0 saturated heterocycles. The van der Waals surface area contributed by atoms with Crippen LogP contribution in [-0.2, 0) is 0 Å². The number of nitrogens with zero attached hydrogens (tertiary/aromatic N) is 5. The highest BCUT2D eigenvalue weighted by Crippen LogP contribution is 2.46. The Hall–Kier alpha value is -7.50. The summed E-state index contributed by atoms with van der Waals surface area (Å²) >= 11 is 0. The Kier molecular flexibility index (Phi) is 7.10. The van der Waals surface area contributed by atoms with Crippen LogP contribution in [0.5, 0.6) is 0 Å². The third-order valence-corrected chi connectivity index (χ3v) is 10.6. The zero-order chi connectivity index (χ0) is 36.3. The predicted octanol–water partition coefficient (Wildman–Crippen LogP) is 12.3. The maximum atomic E-state index is 5.34. The fraction of sp³-hybridized carbons (Fsp3) is 0. The lowest BCUT2D eigenvalue weighted by molar-refractivity contribution is 1.07. The quantitative estimate of drug-likeness (QED) is 0.179. The first kappa shape index (κ1) is 31.1. The molecule has 0 radical (unpaired) electrons. The van der Waals surface area contributed by atoms with Crippen LogP contribution in [0.4, 0.5) is 0 Å². The van der Waals surface area contributed by atoms with Crippen LogP contribution in [0.2, 0.25) is 0 Å². The van der Waals surface area contributed by atoms with Crippen molar-refractivity contribution in [3.8, 4) is 84.6 Å². The standard InChI is InChI=1S/C50H31N5/c1-3-14-32(15-4-1)47-52-48(33-16-5-2-6-17-33)54-49(53-47)38-22-11-20-34(28-38)35-21-12-23-39(29-35)50-51-44-26-13-25-41-43-31-37-19-8-7-18-36(37)30-42(43)40-24-9-10-27-45(40)55(50)46(41)44/h1-31H. The molecule has 10 aromatic rings. The highest BCUT2D eigenvalue weighted by Gasteiger charge is 2.26. The normalized spacial score (nSPS) is 11.6. The summed E-state index contributed by atoms with van der Waals surface area (Å²) in [6.45, 7) is 0. The van der Waals surface area contributed by atoms with E-state index in [0.717, 1.165) is 55.9 Å². The molecule has 1 aliphatic heterocycles. The number of para-hydroxylation sites is 2. The summed E-state index contributed by atoms with van der Waals surface area (Å²) in [6.07, 6.45) is 0. The van der Waals surface area contributed by atoms with Gasteiger partial charge in [0.2, 0.25) is 0 Å². The van der Waals surface area contributed by atoms with Crippen molar-refractivity contribution in [3.63, 3.8) is 0 Å². The van der Waals surface area contributed by atoms with E-state index in [0.29, 0.717) is 17.5 Å². The first-order valence-electron chi connectivity index (χ1n) is 18.5. The topological polar surface area (TPSA) is 56.5 Å². The molecule has 8 aromatic carbocycles. The van der Waals surface area contributed by atoms with Crippen molar-refractivity contribution in [2.24, 2.45) is 0 Å². The number of imidazole rings is 1. The van der Waals surface area contributed by atoms with E-state index in [-0.39, 0.29) is 0 Å². The smallest absolute Gasteiger partial charge is 0.164 e. The van der Waals surface area contributed by atoms with Gasteiger partial charge >= 0.3 is 0 Å². The van der Waals surface area contributed by atoms with Crippen molar-refractivity contribution < 1.29 is 0 Å². The van der Waals surface area contributed by atoms with Gasteiger partial charge in [-0.05, 0) is 69.4 Å². The van der Waals surface area contributed by atoms with Gasteiger partial charge in [0, 0.05) is 33.4 Å². The van der Waals surface area contributed by atoms with E-state index in [9.17, 15) is 0 Å². The summed E-state index contributed by atoms with van der Waals surface area (Å²) in [7, 11) is 0. The molecule has 55 heavy (non-hydrogen) atoms. The molecule has 0 saturated carbocycles. The van der Waals surface area contributed by atoms with E-state index >= 15 is 0 Å². The summed E-state index contributed by atoms with van der Waals surface area (Å²) < 4.78 is 2.36. The molecule has 2 aromatic heterocycles. The van der Waals surface area contributed by atoms with Crippen molar-refractivity contribution in [1.29, 1.82) is 0 Å². The highest BCUT2D eigenvalue weighted by molar-refractivity contribution is 6.07. The Morgan fingerprint density at radius 2 is 0.782 bits per heavy atom. The molecule has 5 nitrogen and oxygen atoms in total. The van der Waals surface area contributed by atoms with Crippen LogP contribution < -0.4 is 0 Å². The van der Waals surface area contributed by atoms with Crippen LogP contribution in [0.25, 0.3) is 106 Å². The van der Waals surface area contributed by atoms with Gasteiger partial charge in [-0.1, -0.05) is 152 Å². The average Bonchev–Trinajstić information content (AvgIpc) is 3.61. The van der Waals surface area contributed by atoms with E-state index < -0.39 is 0 Å². The van der Waals surface area contributed by atoms with Crippen LogP contribution in [-0.4, -0.2) is 24.5 Å². The predicted molar refractivity (Wildman–Crippen MR) is 224 cm³/mol. The molecular formula is C50H31N5. The lowest BCUT2D eigenvalue weighted by Gasteiger charge is -2.14. The number of benzene rings is 8. The SMILES string of the molecule is c1ccc(-c2nc(-c3ccccc3)nc(-c3cccc(-c4cccc(-c5nc6cccc7c6n5-c5ccccc5-c5cc6ccccc6cc5-7)c4)c3)n2)cc1. The minimum Gasteiger partial charge on any atom is -0.291 e. The fourth-order valence-corrected chi connectivity index (χ4v) is 7.97. The second kappa shape index (κ2) is 12.6. The molecule has 0 fully saturated rings. The third kappa shape index (κ3) is 5.24. The van der Waals surface area contributed by atoms with Gasteiger partial charge in [0.1, 0.15) is 5.82 Å². The Balaban J connectivity index is 1.06. The molecule has 0 bridgehead atoms. The fourth-order valence-electron chi connectivity index (χ4n) is 7.97. The molecule has 1 aliphatic rings. The molecule has 0 atom stereocenters. The van der Waals surface area contributed by atoms with Crippen LogP contribution in [0.15, 0.2) is 188 Å². The van der Waals surface area contributed by atoms with Gasteiger partial charge < -0.3 is 0 Å². The van der Waals surface area contributed by atoms with Gasteiger partial charge in [-0.3, -0.25) is 4.57 Å². The van der Waals surface area contributed by atoms with Gasteiger partial charge in [0.15, 0.2) is 17.5 Å². The first-order valence-corrected chi connectivity index (χ1v) is 18.5. The zero-order valence-corrected chi connectivity index (χ0v) is 29.6. The summed E-state index contributed by atoms with van der Waals surface area (Å²) in [5, 5.41) is 2.46. The van der Waals surface area contributed by atoms with Gasteiger partial charge in [0.05, 0.1) is 16.7 Å². The molecule has 0 aliphatic carbocycles. The van der Waals surface area contributed by atoms with Crippen molar-refractivity contribution in [3.05, 3.63) is 188 Å². The average molecular weight is 702 g/mol. The zero-order valence-electron chi connectivity index (χ0n) is 29.6. The Bertz CT molecular complexity index is 3030. The molecule has 0 N–H and O–H groups in total. The monoisotopic (exact) mass is 701 g/mol. The molecule has 11 rings (SSSR count). The van der Waals surface area contributed by atoms with Gasteiger partial charge in [-0.25, -0.2) is 19.9 Å². The third-order valence-electron chi connectivity index (χ3n) is 10.6. The maximum Gasteiger partial charge on any atom is 0.164 e. The number of hydrogen-bond donors (Lipinski definition) is 0. The maximum absolute atomic E-state index is 5.34. The van der Waals surface area contributed by atoms with E-state index in [4.69, 9.17) is 19.9 Å². The van der Waals surface area contributed by atoms with Crippen molar-refractivity contribution >= 4 is 21.8 Å². The van der Waals surface area contributed by atoms with Crippen molar-refractivity contribution in [2.45, 2.75) is 0 Å². The molecule has 5 heteroatoms. The first-order chi connectivity index (χ1) is 27.2. The lowest BCUT2D eigenvalue weighted by Crippen LogP contribution is -2.00. The van der Waals surface area contributed by atoms with Gasteiger partial charge in [-0.2, -0.15) is 0 Å². The van der Waals surface area contributed by atoms with Gasteiger partial charge in [0.25, 0.3) is 0 Å². The van der Waals surface area contributed by atoms with E-state index in [1.807, 2.05) is 60.7 Å². The van der Waals surface area contributed by atoms with Crippen LogP contribution in [0, 0.1) is 0 Å².